The summed E-state index contributed by atoms with van der Waals surface area (Å²) in [5, 5.41) is 8.83. The minimum Gasteiger partial charge on any atom is -0.476 e. The fourth-order valence-electron chi connectivity index (χ4n) is 1.27. The molecule has 2 aromatic rings. The molecule has 0 aliphatic heterocycles. The number of nitrogens with one attached hydrogen (secondary N) is 1. The molecule has 0 aliphatic rings. The van der Waals surface area contributed by atoms with E-state index in [4.69, 9.17) is 16.7 Å². The summed E-state index contributed by atoms with van der Waals surface area (Å²) in [5.74, 6) is -0.716. The maximum absolute atomic E-state index is 10.8. The number of halogens is 2. The number of hydrogen-bond acceptors (Lipinski definition) is 2. The van der Waals surface area contributed by atoms with Gasteiger partial charge in [-0.3, -0.25) is 0 Å². The number of aromatic carboxylic acids is 1. The molecule has 4 nitrogen and oxygen atoms in total. The second kappa shape index (κ2) is 4.27. The Labute approximate surface area is 104 Å². The molecule has 1 aromatic heterocycles. The fraction of sp³-hybridized carbons (Fsp3) is 0. The van der Waals surface area contributed by atoms with Gasteiger partial charge in [-0.2, -0.15) is 0 Å². The van der Waals surface area contributed by atoms with Gasteiger partial charge in [-0.05, 0) is 12.1 Å². The van der Waals surface area contributed by atoms with Crippen molar-refractivity contribution in [3.05, 3.63) is 39.6 Å². The number of rotatable bonds is 2. The Bertz CT molecular complexity index is 554. The monoisotopic (exact) mass is 300 g/mol. The topological polar surface area (TPSA) is 66.0 Å². The Kier molecular flexibility index (Phi) is 2.98. The molecule has 0 spiro atoms. The molecule has 1 aromatic carbocycles. The first-order valence-corrected chi connectivity index (χ1v) is 5.50. The summed E-state index contributed by atoms with van der Waals surface area (Å²) in [7, 11) is 0. The number of aromatic amines is 1. The Morgan fingerprint density at radius 2 is 2.25 bits per heavy atom. The molecule has 2 rings (SSSR count). The highest BCUT2D eigenvalue weighted by Gasteiger charge is 2.15. The van der Waals surface area contributed by atoms with Crippen LogP contribution < -0.4 is 0 Å². The van der Waals surface area contributed by atoms with E-state index in [1.165, 1.54) is 0 Å². The van der Waals surface area contributed by atoms with Gasteiger partial charge in [0.2, 0.25) is 0 Å². The van der Waals surface area contributed by atoms with Gasteiger partial charge in [-0.1, -0.05) is 39.7 Å². The Morgan fingerprint density at radius 3 is 2.81 bits per heavy atom. The van der Waals surface area contributed by atoms with E-state index in [0.29, 0.717) is 5.82 Å². The quantitative estimate of drug-likeness (QED) is 0.895. The number of carboxylic acids is 1. The lowest BCUT2D eigenvalue weighted by Gasteiger charge is -1.96. The van der Waals surface area contributed by atoms with E-state index in [9.17, 15) is 4.79 Å². The van der Waals surface area contributed by atoms with Gasteiger partial charge in [0.1, 0.15) is 11.0 Å². The molecular weight excluding hydrogens is 295 g/mol. The Hall–Kier alpha value is -1.33. The standard InChI is InChI=1S/C10H6BrClN2O2/c11-6-3-1-2-5(4-6)9-13-7(10(15)16)8(12)14-9/h1-4H,(H,13,14)(H,15,16). The van der Waals surface area contributed by atoms with Crippen LogP contribution in [0.3, 0.4) is 0 Å². The van der Waals surface area contributed by atoms with Crippen molar-refractivity contribution in [3.63, 3.8) is 0 Å². The largest absolute Gasteiger partial charge is 0.476 e. The summed E-state index contributed by atoms with van der Waals surface area (Å²) >= 11 is 9.04. The lowest BCUT2D eigenvalue weighted by atomic mass is 10.2. The molecule has 2 N–H and O–H groups in total. The number of carbonyl (C=O) groups is 1. The lowest BCUT2D eigenvalue weighted by Crippen LogP contribution is -1.96. The third-order valence-electron chi connectivity index (χ3n) is 1.96. The molecule has 0 aliphatic carbocycles. The number of hydrogen-bond donors (Lipinski definition) is 2. The molecule has 6 heteroatoms. The van der Waals surface area contributed by atoms with Gasteiger partial charge in [0.25, 0.3) is 0 Å². The van der Waals surface area contributed by atoms with Gasteiger partial charge in [-0.25, -0.2) is 9.78 Å². The molecule has 1 heterocycles. The van der Waals surface area contributed by atoms with E-state index in [-0.39, 0.29) is 10.8 Å². The zero-order chi connectivity index (χ0) is 11.7. The van der Waals surface area contributed by atoms with E-state index in [1.807, 2.05) is 24.3 Å². The molecule has 16 heavy (non-hydrogen) atoms. The molecule has 0 fully saturated rings. The van der Waals surface area contributed by atoms with Crippen LogP contribution in [-0.2, 0) is 0 Å². The van der Waals surface area contributed by atoms with Crippen molar-refractivity contribution in [2.75, 3.05) is 0 Å². The van der Waals surface area contributed by atoms with Crippen molar-refractivity contribution in [2.45, 2.75) is 0 Å². The summed E-state index contributed by atoms with van der Waals surface area (Å²) in [5.41, 5.74) is 0.598. The smallest absolute Gasteiger partial charge is 0.357 e. The fourth-order valence-corrected chi connectivity index (χ4v) is 1.88. The summed E-state index contributed by atoms with van der Waals surface area (Å²) in [6.07, 6.45) is 0. The van der Waals surface area contributed by atoms with Gasteiger partial charge in [0, 0.05) is 10.0 Å². The van der Waals surface area contributed by atoms with Crippen LogP contribution in [0.1, 0.15) is 10.5 Å². The number of H-pyrrole nitrogens is 1. The van der Waals surface area contributed by atoms with E-state index in [0.717, 1.165) is 10.0 Å². The van der Waals surface area contributed by atoms with Crippen molar-refractivity contribution in [3.8, 4) is 11.4 Å². The van der Waals surface area contributed by atoms with Crippen molar-refractivity contribution in [2.24, 2.45) is 0 Å². The second-order valence-corrected chi connectivity index (χ2v) is 4.36. The summed E-state index contributed by atoms with van der Waals surface area (Å²) in [4.78, 5) is 17.4. The average Bonchev–Trinajstić information content (AvgIpc) is 2.60. The molecule has 0 bridgehead atoms. The van der Waals surface area contributed by atoms with Crippen molar-refractivity contribution >= 4 is 33.5 Å². The predicted molar refractivity (Wildman–Crippen MR) is 63.7 cm³/mol. The van der Waals surface area contributed by atoms with E-state index in [2.05, 4.69) is 25.9 Å². The minimum absolute atomic E-state index is 0.0301. The highest BCUT2D eigenvalue weighted by atomic mass is 79.9. The number of imidazole rings is 1. The van der Waals surface area contributed by atoms with Gasteiger partial charge < -0.3 is 10.1 Å². The SMILES string of the molecule is O=C(O)c1nc(-c2cccc(Br)c2)[nH]c1Cl. The first kappa shape index (κ1) is 11.2. The number of benzene rings is 1. The van der Waals surface area contributed by atoms with Crippen LogP contribution in [0.4, 0.5) is 0 Å². The third kappa shape index (κ3) is 2.10. The Balaban J connectivity index is 2.49. The Morgan fingerprint density at radius 1 is 1.50 bits per heavy atom. The number of nitrogens with zero attached hydrogens (tertiary/aromatic N) is 1. The van der Waals surface area contributed by atoms with Gasteiger partial charge >= 0.3 is 5.97 Å². The van der Waals surface area contributed by atoms with Crippen molar-refractivity contribution in [1.29, 1.82) is 0 Å². The van der Waals surface area contributed by atoms with Crippen LogP contribution >= 0.6 is 27.5 Å². The zero-order valence-corrected chi connectivity index (χ0v) is 10.2. The molecule has 0 unspecified atom stereocenters. The first-order valence-electron chi connectivity index (χ1n) is 4.32. The molecular formula is C10H6BrClN2O2. The summed E-state index contributed by atoms with van der Waals surface area (Å²) in [6, 6.07) is 7.33. The van der Waals surface area contributed by atoms with E-state index in [1.54, 1.807) is 0 Å². The second-order valence-electron chi connectivity index (χ2n) is 3.06. The van der Waals surface area contributed by atoms with Crippen LogP contribution in [0.2, 0.25) is 5.15 Å². The third-order valence-corrected chi connectivity index (χ3v) is 2.73. The molecule has 82 valence electrons. The van der Waals surface area contributed by atoms with Crippen LogP contribution in [-0.4, -0.2) is 21.0 Å². The highest BCUT2D eigenvalue weighted by molar-refractivity contribution is 9.10. The van der Waals surface area contributed by atoms with Crippen LogP contribution in [0.5, 0.6) is 0 Å². The zero-order valence-electron chi connectivity index (χ0n) is 7.87. The minimum atomic E-state index is -1.15. The number of aromatic nitrogens is 2. The molecule has 0 saturated carbocycles. The van der Waals surface area contributed by atoms with Gasteiger partial charge in [0.05, 0.1) is 0 Å². The molecule has 0 saturated heterocycles. The lowest BCUT2D eigenvalue weighted by molar-refractivity contribution is 0.0691. The van der Waals surface area contributed by atoms with Crippen LogP contribution in [0, 0.1) is 0 Å². The normalized spacial score (nSPS) is 10.4. The maximum atomic E-state index is 10.8. The predicted octanol–water partition coefficient (Wildman–Crippen LogP) is 3.19. The van der Waals surface area contributed by atoms with Crippen molar-refractivity contribution in [1.82, 2.24) is 9.97 Å². The highest BCUT2D eigenvalue weighted by Crippen LogP contribution is 2.23. The molecule has 0 amide bonds. The number of carboxylic acid groups (broad SMARTS) is 1. The molecule has 0 atom stereocenters. The summed E-state index contributed by atoms with van der Waals surface area (Å²) in [6.45, 7) is 0. The molecule has 0 radical (unpaired) electrons. The van der Waals surface area contributed by atoms with Crippen LogP contribution in [0.15, 0.2) is 28.7 Å². The van der Waals surface area contributed by atoms with Gasteiger partial charge in [0.15, 0.2) is 5.69 Å². The van der Waals surface area contributed by atoms with E-state index < -0.39 is 5.97 Å². The van der Waals surface area contributed by atoms with E-state index >= 15 is 0 Å². The van der Waals surface area contributed by atoms with Crippen LogP contribution in [0.25, 0.3) is 11.4 Å². The average molecular weight is 302 g/mol. The van der Waals surface area contributed by atoms with Gasteiger partial charge in [-0.15, -0.1) is 0 Å². The van der Waals surface area contributed by atoms with Crippen molar-refractivity contribution < 1.29 is 9.90 Å². The maximum Gasteiger partial charge on any atom is 0.357 e. The summed E-state index contributed by atoms with van der Waals surface area (Å²) < 4.78 is 0.884. The first-order chi connectivity index (χ1) is 7.58.